The minimum Gasteiger partial charge on any atom is -0.384 e. The maximum atomic E-state index is 6.37. The molecule has 2 aliphatic heterocycles. The third-order valence-corrected chi connectivity index (χ3v) is 7.19. The third-order valence-electron chi connectivity index (χ3n) is 5.22. The molecule has 0 radical (unpaired) electrons. The van der Waals surface area contributed by atoms with Crippen LogP contribution in [0.3, 0.4) is 0 Å². The maximum Gasteiger partial charge on any atom is 0.208 e. The standard InChI is InChI=1S/C18H19N5OS2/c19-16-3-1-2-13(21-16)15-10-12-14(26-15)4-9-24-18(12)5-7-23(8-6-18)17-22-20-11-25-17/h1-3,10-11H,4-9H2,(H2,19,21). The Morgan fingerprint density at radius 2 is 2.12 bits per heavy atom. The van der Waals surface area contributed by atoms with E-state index in [4.69, 9.17) is 10.5 Å². The molecular formula is C18H19N5OS2. The van der Waals surface area contributed by atoms with Gasteiger partial charge in [0.15, 0.2) is 0 Å². The summed E-state index contributed by atoms with van der Waals surface area (Å²) in [6.45, 7) is 2.67. The number of nitrogens with two attached hydrogens (primary N) is 1. The van der Waals surface area contributed by atoms with Crippen LogP contribution in [0.4, 0.5) is 10.9 Å². The van der Waals surface area contributed by atoms with E-state index in [0.717, 1.165) is 49.8 Å². The summed E-state index contributed by atoms with van der Waals surface area (Å²) in [7, 11) is 0. The molecule has 2 N–H and O–H groups in total. The van der Waals surface area contributed by atoms with Crippen molar-refractivity contribution in [1.29, 1.82) is 0 Å². The van der Waals surface area contributed by atoms with E-state index < -0.39 is 0 Å². The Bertz CT molecular complexity index is 916. The first-order valence-corrected chi connectivity index (χ1v) is 10.4. The number of anilines is 2. The topological polar surface area (TPSA) is 77.2 Å². The lowest BCUT2D eigenvalue weighted by Gasteiger charge is -2.43. The zero-order valence-electron chi connectivity index (χ0n) is 14.2. The second-order valence-corrected chi connectivity index (χ2v) is 8.64. The summed E-state index contributed by atoms with van der Waals surface area (Å²) in [4.78, 5) is 9.41. The lowest BCUT2D eigenvalue weighted by molar-refractivity contribution is -0.0756. The number of hydrogen-bond acceptors (Lipinski definition) is 8. The molecular weight excluding hydrogens is 366 g/mol. The Balaban J connectivity index is 1.45. The highest BCUT2D eigenvalue weighted by Gasteiger charge is 2.42. The normalized spacial score (nSPS) is 18.8. The second kappa shape index (κ2) is 6.29. The Morgan fingerprint density at radius 1 is 1.23 bits per heavy atom. The van der Waals surface area contributed by atoms with Crippen molar-refractivity contribution in [2.75, 3.05) is 30.3 Å². The molecule has 0 amide bonds. The predicted octanol–water partition coefficient (Wildman–Crippen LogP) is 3.31. The number of pyridine rings is 1. The van der Waals surface area contributed by atoms with Gasteiger partial charge >= 0.3 is 0 Å². The number of thiophene rings is 1. The van der Waals surface area contributed by atoms with E-state index in [9.17, 15) is 0 Å². The van der Waals surface area contributed by atoms with E-state index in [2.05, 4.69) is 26.1 Å². The summed E-state index contributed by atoms with van der Waals surface area (Å²) in [5, 5.41) is 9.17. The summed E-state index contributed by atoms with van der Waals surface area (Å²) < 4.78 is 6.37. The lowest BCUT2D eigenvalue weighted by atomic mass is 9.82. The van der Waals surface area contributed by atoms with Gasteiger partial charge in [0, 0.05) is 24.4 Å². The summed E-state index contributed by atoms with van der Waals surface area (Å²) in [5.74, 6) is 0.560. The molecule has 0 saturated carbocycles. The van der Waals surface area contributed by atoms with Crippen LogP contribution in [0.25, 0.3) is 10.6 Å². The first kappa shape index (κ1) is 16.2. The number of aromatic nitrogens is 3. The molecule has 2 aliphatic rings. The third kappa shape index (κ3) is 2.69. The lowest BCUT2D eigenvalue weighted by Crippen LogP contribution is -2.46. The van der Waals surface area contributed by atoms with E-state index in [0.29, 0.717) is 5.82 Å². The molecule has 26 heavy (non-hydrogen) atoms. The van der Waals surface area contributed by atoms with Crippen LogP contribution < -0.4 is 10.6 Å². The molecule has 0 atom stereocenters. The number of rotatable bonds is 2. The van der Waals surface area contributed by atoms with Gasteiger partial charge < -0.3 is 15.4 Å². The summed E-state index contributed by atoms with van der Waals surface area (Å²) in [6.07, 6.45) is 2.92. The van der Waals surface area contributed by atoms with Crippen molar-refractivity contribution in [2.45, 2.75) is 24.9 Å². The molecule has 0 bridgehead atoms. The minimum absolute atomic E-state index is 0.177. The van der Waals surface area contributed by atoms with Gasteiger partial charge in [0.2, 0.25) is 5.13 Å². The van der Waals surface area contributed by atoms with E-state index in [1.54, 1.807) is 16.8 Å². The minimum atomic E-state index is -0.177. The van der Waals surface area contributed by atoms with Crippen LogP contribution in [0.5, 0.6) is 0 Å². The molecule has 0 unspecified atom stereocenters. The van der Waals surface area contributed by atoms with Crippen molar-refractivity contribution in [2.24, 2.45) is 0 Å². The average Bonchev–Trinajstić information content (AvgIpc) is 3.33. The number of piperidine rings is 1. The Labute approximate surface area is 159 Å². The predicted molar refractivity (Wildman–Crippen MR) is 105 cm³/mol. The van der Waals surface area contributed by atoms with Gasteiger partial charge in [0.25, 0.3) is 0 Å². The van der Waals surface area contributed by atoms with E-state index in [1.807, 2.05) is 29.5 Å². The van der Waals surface area contributed by atoms with Gasteiger partial charge in [-0.25, -0.2) is 4.98 Å². The monoisotopic (exact) mass is 385 g/mol. The van der Waals surface area contributed by atoms with Gasteiger partial charge in [-0.05, 0) is 36.6 Å². The van der Waals surface area contributed by atoms with Crippen LogP contribution in [-0.4, -0.2) is 34.9 Å². The molecule has 3 aromatic heterocycles. The van der Waals surface area contributed by atoms with Crippen molar-refractivity contribution in [3.63, 3.8) is 0 Å². The second-order valence-electron chi connectivity index (χ2n) is 6.70. The van der Waals surface area contributed by atoms with Crippen molar-refractivity contribution < 1.29 is 4.74 Å². The van der Waals surface area contributed by atoms with E-state index in [-0.39, 0.29) is 5.60 Å². The van der Waals surface area contributed by atoms with Gasteiger partial charge in [0.05, 0.1) is 22.8 Å². The fraction of sp³-hybridized carbons (Fsp3) is 0.389. The maximum absolute atomic E-state index is 6.37. The molecule has 5 heterocycles. The Hall–Kier alpha value is -2.03. The highest BCUT2D eigenvalue weighted by molar-refractivity contribution is 7.15. The molecule has 1 spiro atoms. The zero-order chi connectivity index (χ0) is 17.6. The van der Waals surface area contributed by atoms with Crippen molar-refractivity contribution in [3.05, 3.63) is 40.2 Å². The molecule has 0 aromatic carbocycles. The highest BCUT2D eigenvalue weighted by atomic mass is 32.1. The average molecular weight is 386 g/mol. The van der Waals surface area contributed by atoms with E-state index in [1.165, 1.54) is 15.3 Å². The molecule has 134 valence electrons. The number of hydrogen-bond donors (Lipinski definition) is 1. The van der Waals surface area contributed by atoms with Gasteiger partial charge in [-0.3, -0.25) is 0 Å². The molecule has 0 aliphatic carbocycles. The Morgan fingerprint density at radius 3 is 2.88 bits per heavy atom. The van der Waals surface area contributed by atoms with Gasteiger partial charge in [-0.2, -0.15) is 0 Å². The van der Waals surface area contributed by atoms with Crippen LogP contribution in [0, 0.1) is 0 Å². The van der Waals surface area contributed by atoms with Crippen LogP contribution in [0.1, 0.15) is 23.3 Å². The number of fused-ring (bicyclic) bond motifs is 2. The summed E-state index contributed by atoms with van der Waals surface area (Å²) in [5.41, 5.74) is 9.78. The summed E-state index contributed by atoms with van der Waals surface area (Å²) in [6, 6.07) is 8.09. The SMILES string of the molecule is Nc1cccc(-c2cc3c(s2)CCOC32CCN(c3nncs3)CC2)n1. The van der Waals surface area contributed by atoms with Gasteiger partial charge in [0.1, 0.15) is 11.3 Å². The van der Waals surface area contributed by atoms with Crippen LogP contribution >= 0.6 is 22.7 Å². The molecule has 8 heteroatoms. The molecule has 6 nitrogen and oxygen atoms in total. The Kier molecular flexibility index (Phi) is 3.91. The number of ether oxygens (including phenoxy) is 1. The zero-order valence-corrected chi connectivity index (χ0v) is 15.9. The smallest absolute Gasteiger partial charge is 0.208 e. The van der Waals surface area contributed by atoms with Crippen LogP contribution in [0.2, 0.25) is 0 Å². The quantitative estimate of drug-likeness (QED) is 0.729. The summed E-state index contributed by atoms with van der Waals surface area (Å²) >= 11 is 3.43. The fourth-order valence-corrected chi connectivity index (χ4v) is 5.73. The van der Waals surface area contributed by atoms with Crippen molar-refractivity contribution in [3.8, 4) is 10.6 Å². The first-order valence-electron chi connectivity index (χ1n) is 8.75. The highest BCUT2D eigenvalue weighted by Crippen LogP contribution is 2.46. The van der Waals surface area contributed by atoms with Crippen LogP contribution in [0.15, 0.2) is 29.8 Å². The van der Waals surface area contributed by atoms with Gasteiger partial charge in [-0.1, -0.05) is 17.4 Å². The fourth-order valence-electron chi connectivity index (χ4n) is 3.91. The molecule has 1 fully saturated rings. The molecule has 1 saturated heterocycles. The number of nitrogens with zero attached hydrogens (tertiary/aromatic N) is 4. The van der Waals surface area contributed by atoms with Crippen LogP contribution in [-0.2, 0) is 16.8 Å². The largest absolute Gasteiger partial charge is 0.384 e. The molecule has 5 rings (SSSR count). The van der Waals surface area contributed by atoms with E-state index >= 15 is 0 Å². The van der Waals surface area contributed by atoms with Gasteiger partial charge in [-0.15, -0.1) is 21.5 Å². The van der Waals surface area contributed by atoms with Crippen molar-refractivity contribution >= 4 is 33.6 Å². The van der Waals surface area contributed by atoms with Crippen molar-refractivity contribution in [1.82, 2.24) is 15.2 Å². The number of nitrogen functional groups attached to an aromatic ring is 1. The first-order chi connectivity index (χ1) is 12.7. The molecule has 3 aromatic rings.